The monoisotopic (exact) mass is 260 g/mol. The second kappa shape index (κ2) is 4.20. The Morgan fingerprint density at radius 2 is 2.00 bits per heavy atom. The molecule has 0 fully saturated rings. The van der Waals surface area contributed by atoms with E-state index in [0.717, 1.165) is 0 Å². The highest BCUT2D eigenvalue weighted by molar-refractivity contribution is 5.97. The van der Waals surface area contributed by atoms with E-state index in [9.17, 15) is 4.79 Å². The SMILES string of the molecule is NC(=O)c1cnn(-c2ccc3c(c2)OCCO3)c1N. The molecule has 0 atom stereocenters. The Kier molecular flexibility index (Phi) is 2.52. The molecule has 7 nitrogen and oxygen atoms in total. The van der Waals surface area contributed by atoms with Crippen molar-refractivity contribution in [2.45, 2.75) is 0 Å². The van der Waals surface area contributed by atoms with Crippen molar-refractivity contribution in [3.8, 4) is 17.2 Å². The maximum Gasteiger partial charge on any atom is 0.254 e. The molecule has 1 aromatic heterocycles. The Bertz CT molecular complexity index is 650. The van der Waals surface area contributed by atoms with E-state index in [1.165, 1.54) is 10.9 Å². The topological polar surface area (TPSA) is 105 Å². The van der Waals surface area contributed by atoms with Gasteiger partial charge in [-0.3, -0.25) is 4.79 Å². The number of hydrogen-bond donors (Lipinski definition) is 2. The molecule has 4 N–H and O–H groups in total. The van der Waals surface area contributed by atoms with Gasteiger partial charge in [0.2, 0.25) is 0 Å². The van der Waals surface area contributed by atoms with Gasteiger partial charge in [-0.25, -0.2) is 4.68 Å². The fourth-order valence-electron chi connectivity index (χ4n) is 1.92. The van der Waals surface area contributed by atoms with Gasteiger partial charge in [-0.1, -0.05) is 0 Å². The summed E-state index contributed by atoms with van der Waals surface area (Å²) in [6, 6.07) is 5.30. The zero-order valence-corrected chi connectivity index (χ0v) is 10.00. The summed E-state index contributed by atoms with van der Waals surface area (Å²) in [4.78, 5) is 11.1. The number of anilines is 1. The minimum Gasteiger partial charge on any atom is -0.486 e. The third kappa shape index (κ3) is 1.85. The van der Waals surface area contributed by atoms with Gasteiger partial charge in [-0.2, -0.15) is 5.10 Å². The Balaban J connectivity index is 2.05. The van der Waals surface area contributed by atoms with Gasteiger partial charge >= 0.3 is 0 Å². The summed E-state index contributed by atoms with van der Waals surface area (Å²) in [6.45, 7) is 1.03. The number of fused-ring (bicyclic) bond motifs is 1. The highest BCUT2D eigenvalue weighted by Gasteiger charge is 2.16. The van der Waals surface area contributed by atoms with Gasteiger partial charge in [-0.15, -0.1) is 0 Å². The van der Waals surface area contributed by atoms with E-state index in [0.29, 0.717) is 30.4 Å². The van der Waals surface area contributed by atoms with Gasteiger partial charge in [-0.05, 0) is 12.1 Å². The second-order valence-corrected chi connectivity index (χ2v) is 4.05. The third-order valence-electron chi connectivity index (χ3n) is 2.84. The molecule has 2 heterocycles. The van der Waals surface area contributed by atoms with E-state index >= 15 is 0 Å². The first-order valence-corrected chi connectivity index (χ1v) is 5.70. The Labute approximate surface area is 108 Å². The molecule has 3 rings (SSSR count). The maximum atomic E-state index is 11.1. The van der Waals surface area contributed by atoms with Crippen LogP contribution in [0.2, 0.25) is 0 Å². The normalized spacial score (nSPS) is 13.3. The molecule has 0 spiro atoms. The summed E-state index contributed by atoms with van der Waals surface area (Å²) < 4.78 is 12.3. The number of carbonyl (C=O) groups excluding carboxylic acids is 1. The fourth-order valence-corrected chi connectivity index (χ4v) is 1.92. The van der Waals surface area contributed by atoms with Crippen LogP contribution in [0.25, 0.3) is 5.69 Å². The first-order chi connectivity index (χ1) is 9.16. The van der Waals surface area contributed by atoms with E-state index < -0.39 is 5.91 Å². The van der Waals surface area contributed by atoms with E-state index in [2.05, 4.69) is 5.10 Å². The Morgan fingerprint density at radius 3 is 2.68 bits per heavy atom. The van der Waals surface area contributed by atoms with Crippen LogP contribution >= 0.6 is 0 Å². The van der Waals surface area contributed by atoms with Crippen LogP contribution in [0.1, 0.15) is 10.4 Å². The van der Waals surface area contributed by atoms with Gasteiger partial charge in [0.15, 0.2) is 11.5 Å². The molecule has 0 saturated carbocycles. The minimum atomic E-state index is -0.610. The summed E-state index contributed by atoms with van der Waals surface area (Å²) in [5.74, 6) is 0.889. The third-order valence-corrected chi connectivity index (χ3v) is 2.84. The second-order valence-electron chi connectivity index (χ2n) is 4.05. The van der Waals surface area contributed by atoms with Gasteiger partial charge < -0.3 is 20.9 Å². The fraction of sp³-hybridized carbons (Fsp3) is 0.167. The first kappa shape index (κ1) is 11.4. The average molecular weight is 260 g/mol. The number of hydrogen-bond acceptors (Lipinski definition) is 5. The number of amides is 1. The molecule has 1 aromatic carbocycles. The largest absolute Gasteiger partial charge is 0.486 e. The molecule has 1 amide bonds. The van der Waals surface area contributed by atoms with Crippen molar-refractivity contribution in [2.75, 3.05) is 18.9 Å². The summed E-state index contributed by atoms with van der Waals surface area (Å²) in [5.41, 5.74) is 11.9. The molecule has 2 aromatic rings. The van der Waals surface area contributed by atoms with Gasteiger partial charge in [0.1, 0.15) is 24.6 Å². The molecule has 0 radical (unpaired) electrons. The first-order valence-electron chi connectivity index (χ1n) is 5.70. The number of ether oxygens (including phenoxy) is 2. The lowest BCUT2D eigenvalue weighted by Crippen LogP contribution is -2.16. The van der Waals surface area contributed by atoms with Crippen molar-refractivity contribution in [2.24, 2.45) is 5.73 Å². The van der Waals surface area contributed by atoms with Gasteiger partial charge in [0, 0.05) is 6.07 Å². The quantitative estimate of drug-likeness (QED) is 0.809. The van der Waals surface area contributed by atoms with Crippen molar-refractivity contribution in [3.63, 3.8) is 0 Å². The number of benzene rings is 1. The predicted molar refractivity (Wildman–Crippen MR) is 67.5 cm³/mol. The molecule has 98 valence electrons. The van der Waals surface area contributed by atoms with Crippen molar-refractivity contribution >= 4 is 11.7 Å². The summed E-state index contributed by atoms with van der Waals surface area (Å²) in [7, 11) is 0. The Morgan fingerprint density at radius 1 is 1.26 bits per heavy atom. The highest BCUT2D eigenvalue weighted by atomic mass is 16.6. The van der Waals surface area contributed by atoms with Crippen molar-refractivity contribution in [1.82, 2.24) is 9.78 Å². The summed E-state index contributed by atoms with van der Waals surface area (Å²) in [5, 5.41) is 4.05. The minimum absolute atomic E-state index is 0.190. The molecule has 0 aliphatic carbocycles. The highest BCUT2D eigenvalue weighted by Crippen LogP contribution is 2.32. The van der Waals surface area contributed by atoms with Crippen LogP contribution in [0.4, 0.5) is 5.82 Å². The number of rotatable bonds is 2. The standard InChI is InChI=1S/C12H12N4O3/c13-11-8(12(14)17)6-15-16(11)7-1-2-9-10(5-7)19-4-3-18-9/h1-2,5-6H,3-4,13H2,(H2,14,17). The van der Waals surface area contributed by atoms with Crippen LogP contribution in [0.5, 0.6) is 11.5 Å². The van der Waals surface area contributed by atoms with Crippen molar-refractivity contribution < 1.29 is 14.3 Å². The van der Waals surface area contributed by atoms with Crippen LogP contribution < -0.4 is 20.9 Å². The van der Waals surface area contributed by atoms with Crippen LogP contribution in [-0.2, 0) is 0 Å². The van der Waals surface area contributed by atoms with Gasteiger partial charge in [0.25, 0.3) is 5.91 Å². The average Bonchev–Trinajstić information content (AvgIpc) is 2.80. The molecule has 0 saturated heterocycles. The van der Waals surface area contributed by atoms with Crippen LogP contribution in [-0.4, -0.2) is 28.9 Å². The maximum absolute atomic E-state index is 11.1. The lowest BCUT2D eigenvalue weighted by atomic mass is 10.2. The molecule has 1 aliphatic rings. The van der Waals surface area contributed by atoms with E-state index in [1.807, 2.05) is 0 Å². The molecule has 0 bridgehead atoms. The number of nitrogens with zero attached hydrogens (tertiary/aromatic N) is 2. The molecular formula is C12H12N4O3. The summed E-state index contributed by atoms with van der Waals surface area (Å²) in [6.07, 6.45) is 1.34. The number of nitrogens with two attached hydrogens (primary N) is 2. The van der Waals surface area contributed by atoms with Crippen LogP contribution in [0, 0.1) is 0 Å². The molecular weight excluding hydrogens is 248 g/mol. The predicted octanol–water partition coefficient (Wildman–Crippen LogP) is 0.325. The van der Waals surface area contributed by atoms with Crippen LogP contribution in [0.3, 0.4) is 0 Å². The molecule has 0 unspecified atom stereocenters. The van der Waals surface area contributed by atoms with Crippen molar-refractivity contribution in [3.05, 3.63) is 30.0 Å². The molecule has 7 heteroatoms. The smallest absolute Gasteiger partial charge is 0.254 e. The van der Waals surface area contributed by atoms with Crippen molar-refractivity contribution in [1.29, 1.82) is 0 Å². The zero-order valence-electron chi connectivity index (χ0n) is 10.00. The number of primary amides is 1. The van der Waals surface area contributed by atoms with E-state index in [1.54, 1.807) is 18.2 Å². The number of carbonyl (C=O) groups is 1. The zero-order chi connectivity index (χ0) is 13.4. The van der Waals surface area contributed by atoms with Crippen LogP contribution in [0.15, 0.2) is 24.4 Å². The molecule has 19 heavy (non-hydrogen) atoms. The van der Waals surface area contributed by atoms with E-state index in [4.69, 9.17) is 20.9 Å². The van der Waals surface area contributed by atoms with E-state index in [-0.39, 0.29) is 11.4 Å². The van der Waals surface area contributed by atoms with Gasteiger partial charge in [0.05, 0.1) is 11.9 Å². The molecule has 1 aliphatic heterocycles. The number of aromatic nitrogens is 2. The summed E-state index contributed by atoms with van der Waals surface area (Å²) >= 11 is 0. The number of nitrogen functional groups attached to an aromatic ring is 1. The lowest BCUT2D eigenvalue weighted by molar-refractivity contribution is 0.100. The Hall–Kier alpha value is -2.70. The lowest BCUT2D eigenvalue weighted by Gasteiger charge is -2.19.